The molecular weight excluding hydrogens is 301 g/mol. The molecule has 0 bridgehead atoms. The van der Waals surface area contributed by atoms with Crippen molar-refractivity contribution in [1.29, 1.82) is 0 Å². The summed E-state index contributed by atoms with van der Waals surface area (Å²) in [6.07, 6.45) is 0. The van der Waals surface area contributed by atoms with E-state index in [0.717, 1.165) is 5.56 Å². The third-order valence-electron chi connectivity index (χ3n) is 3.32. The zero-order valence-corrected chi connectivity index (χ0v) is 13.2. The molecule has 6 heteroatoms. The molecule has 2 aromatic carbocycles. The number of methoxy groups -OCH3 is 3. The lowest BCUT2D eigenvalue weighted by Crippen LogP contribution is -2.23. The van der Waals surface area contributed by atoms with Crippen LogP contribution >= 0.6 is 0 Å². The van der Waals surface area contributed by atoms with Crippen LogP contribution < -0.4 is 19.5 Å². The first-order chi connectivity index (χ1) is 11.1. The third-order valence-corrected chi connectivity index (χ3v) is 3.32. The van der Waals surface area contributed by atoms with Crippen LogP contribution in [0.2, 0.25) is 0 Å². The Hall–Kier alpha value is -2.76. The molecule has 0 saturated heterocycles. The van der Waals surface area contributed by atoms with Crippen LogP contribution in [0.1, 0.15) is 15.9 Å². The van der Waals surface area contributed by atoms with E-state index in [9.17, 15) is 9.18 Å². The molecule has 5 nitrogen and oxygen atoms in total. The van der Waals surface area contributed by atoms with E-state index in [1.54, 1.807) is 25.3 Å². The number of carbonyl (C=O) groups is 1. The van der Waals surface area contributed by atoms with Crippen molar-refractivity contribution in [1.82, 2.24) is 5.32 Å². The van der Waals surface area contributed by atoms with Crippen LogP contribution in [0.4, 0.5) is 4.39 Å². The summed E-state index contributed by atoms with van der Waals surface area (Å²) in [5.74, 6) is 0.395. The van der Waals surface area contributed by atoms with Gasteiger partial charge >= 0.3 is 0 Å². The van der Waals surface area contributed by atoms with Crippen molar-refractivity contribution in [2.45, 2.75) is 6.54 Å². The van der Waals surface area contributed by atoms with Crippen LogP contribution in [0.3, 0.4) is 0 Å². The van der Waals surface area contributed by atoms with Gasteiger partial charge in [-0.15, -0.1) is 0 Å². The number of benzene rings is 2. The van der Waals surface area contributed by atoms with E-state index in [4.69, 9.17) is 14.2 Å². The molecule has 0 aromatic heterocycles. The summed E-state index contributed by atoms with van der Waals surface area (Å²) in [6.45, 7) is 0.241. The Kier molecular flexibility index (Phi) is 5.41. The van der Waals surface area contributed by atoms with Crippen molar-refractivity contribution in [3.63, 3.8) is 0 Å². The minimum atomic E-state index is -0.630. The fourth-order valence-corrected chi connectivity index (χ4v) is 2.08. The van der Waals surface area contributed by atoms with Gasteiger partial charge in [-0.05, 0) is 29.8 Å². The Morgan fingerprint density at radius 3 is 2.35 bits per heavy atom. The summed E-state index contributed by atoms with van der Waals surface area (Å²) in [4.78, 5) is 12.1. The molecule has 2 aromatic rings. The number of hydrogen-bond acceptors (Lipinski definition) is 4. The molecule has 1 N–H and O–H groups in total. The number of nitrogens with one attached hydrogen (secondary N) is 1. The summed E-state index contributed by atoms with van der Waals surface area (Å²) in [6, 6.07) is 9.39. The first-order valence-corrected chi connectivity index (χ1v) is 6.91. The Bertz CT molecular complexity index is 703. The fraction of sp³-hybridized carbons (Fsp3) is 0.235. The average Bonchev–Trinajstić information content (AvgIpc) is 2.59. The highest BCUT2D eigenvalue weighted by molar-refractivity contribution is 5.94. The van der Waals surface area contributed by atoms with Gasteiger partial charge in [0, 0.05) is 12.6 Å². The van der Waals surface area contributed by atoms with Crippen molar-refractivity contribution in [3.05, 3.63) is 53.3 Å². The van der Waals surface area contributed by atoms with Gasteiger partial charge in [0.1, 0.15) is 11.6 Å². The van der Waals surface area contributed by atoms with Gasteiger partial charge in [-0.1, -0.05) is 6.07 Å². The van der Waals surface area contributed by atoms with Crippen molar-refractivity contribution < 1.29 is 23.4 Å². The largest absolute Gasteiger partial charge is 0.497 e. The van der Waals surface area contributed by atoms with E-state index >= 15 is 0 Å². The highest BCUT2D eigenvalue weighted by atomic mass is 19.1. The summed E-state index contributed by atoms with van der Waals surface area (Å²) >= 11 is 0. The summed E-state index contributed by atoms with van der Waals surface area (Å²) in [5.41, 5.74) is 0.774. The highest BCUT2D eigenvalue weighted by Crippen LogP contribution is 2.27. The average molecular weight is 319 g/mol. The maximum absolute atomic E-state index is 13.9. The minimum absolute atomic E-state index is 0.0359. The SMILES string of the molecule is COc1ccc(C(=O)NCc2ccc(OC)c(OC)c2)c(F)c1. The Morgan fingerprint density at radius 2 is 1.74 bits per heavy atom. The van der Waals surface area contributed by atoms with Gasteiger partial charge in [-0.2, -0.15) is 0 Å². The van der Waals surface area contributed by atoms with Crippen molar-refractivity contribution in [2.24, 2.45) is 0 Å². The summed E-state index contributed by atoms with van der Waals surface area (Å²) in [7, 11) is 4.52. The molecule has 122 valence electrons. The maximum Gasteiger partial charge on any atom is 0.254 e. The predicted molar refractivity (Wildman–Crippen MR) is 83.7 cm³/mol. The standard InChI is InChI=1S/C17H18FNO4/c1-21-12-5-6-13(14(18)9-12)17(20)19-10-11-4-7-15(22-2)16(8-11)23-3/h4-9H,10H2,1-3H3,(H,19,20). The van der Waals surface area contributed by atoms with E-state index in [0.29, 0.717) is 17.2 Å². The van der Waals surface area contributed by atoms with Gasteiger partial charge in [0.05, 0.1) is 26.9 Å². The molecular formula is C17H18FNO4. The van der Waals surface area contributed by atoms with E-state index in [1.165, 1.54) is 32.4 Å². The van der Waals surface area contributed by atoms with E-state index in [-0.39, 0.29) is 12.1 Å². The first-order valence-electron chi connectivity index (χ1n) is 6.91. The summed E-state index contributed by atoms with van der Waals surface area (Å²) in [5, 5.41) is 2.67. The molecule has 1 amide bonds. The lowest BCUT2D eigenvalue weighted by Gasteiger charge is -2.11. The van der Waals surface area contributed by atoms with Crippen LogP contribution in [0.15, 0.2) is 36.4 Å². The normalized spacial score (nSPS) is 10.1. The molecule has 23 heavy (non-hydrogen) atoms. The Labute approximate surface area is 134 Å². The third kappa shape index (κ3) is 3.91. The molecule has 0 aliphatic heterocycles. The molecule has 0 heterocycles. The van der Waals surface area contributed by atoms with E-state index < -0.39 is 11.7 Å². The lowest BCUT2D eigenvalue weighted by molar-refractivity contribution is 0.0947. The number of rotatable bonds is 6. The number of amides is 1. The lowest BCUT2D eigenvalue weighted by atomic mass is 10.1. The fourth-order valence-electron chi connectivity index (χ4n) is 2.08. The van der Waals surface area contributed by atoms with Gasteiger partial charge in [0.15, 0.2) is 11.5 Å². The second kappa shape index (κ2) is 7.49. The molecule has 0 radical (unpaired) electrons. The minimum Gasteiger partial charge on any atom is -0.497 e. The van der Waals surface area contributed by atoms with Gasteiger partial charge in [0.2, 0.25) is 0 Å². The summed E-state index contributed by atoms with van der Waals surface area (Å²) < 4.78 is 29.1. The number of ether oxygens (including phenoxy) is 3. The smallest absolute Gasteiger partial charge is 0.254 e. The van der Waals surface area contributed by atoms with E-state index in [2.05, 4.69) is 5.32 Å². The van der Waals surface area contributed by atoms with Crippen LogP contribution in [-0.2, 0) is 6.54 Å². The molecule has 0 saturated carbocycles. The molecule has 0 fully saturated rings. The van der Waals surface area contributed by atoms with Crippen LogP contribution in [0, 0.1) is 5.82 Å². The molecule has 2 rings (SSSR count). The maximum atomic E-state index is 13.9. The molecule has 0 unspecified atom stereocenters. The molecule has 0 aliphatic rings. The molecule has 0 aliphatic carbocycles. The van der Waals surface area contributed by atoms with Gasteiger partial charge in [-0.3, -0.25) is 4.79 Å². The zero-order valence-electron chi connectivity index (χ0n) is 13.2. The zero-order chi connectivity index (χ0) is 16.8. The molecule has 0 spiro atoms. The van der Waals surface area contributed by atoms with Crippen molar-refractivity contribution in [3.8, 4) is 17.2 Å². The monoisotopic (exact) mass is 319 g/mol. The highest BCUT2D eigenvalue weighted by Gasteiger charge is 2.13. The second-order valence-electron chi connectivity index (χ2n) is 4.72. The topological polar surface area (TPSA) is 56.8 Å². The van der Waals surface area contributed by atoms with Crippen molar-refractivity contribution >= 4 is 5.91 Å². The van der Waals surface area contributed by atoms with Gasteiger partial charge in [-0.25, -0.2) is 4.39 Å². The van der Waals surface area contributed by atoms with Gasteiger partial charge < -0.3 is 19.5 Å². The quantitative estimate of drug-likeness (QED) is 0.889. The van der Waals surface area contributed by atoms with Gasteiger partial charge in [0.25, 0.3) is 5.91 Å². The Morgan fingerprint density at radius 1 is 1.00 bits per heavy atom. The van der Waals surface area contributed by atoms with E-state index in [1.807, 2.05) is 0 Å². The van der Waals surface area contributed by atoms with Crippen LogP contribution in [-0.4, -0.2) is 27.2 Å². The van der Waals surface area contributed by atoms with Crippen molar-refractivity contribution in [2.75, 3.05) is 21.3 Å². The predicted octanol–water partition coefficient (Wildman–Crippen LogP) is 2.78. The first kappa shape index (κ1) is 16.6. The second-order valence-corrected chi connectivity index (χ2v) is 4.72. The van der Waals surface area contributed by atoms with Crippen LogP contribution in [0.25, 0.3) is 0 Å². The number of hydrogen-bond donors (Lipinski definition) is 1. The number of halogens is 1. The Balaban J connectivity index is 2.07. The van der Waals surface area contributed by atoms with Crippen LogP contribution in [0.5, 0.6) is 17.2 Å². The number of carbonyl (C=O) groups excluding carboxylic acids is 1. The molecule has 0 atom stereocenters.